The first kappa shape index (κ1) is 20.8. The molecule has 152 valence electrons. The summed E-state index contributed by atoms with van der Waals surface area (Å²) >= 11 is 0. The first-order valence-corrected chi connectivity index (χ1v) is 8.67. The molecule has 0 saturated heterocycles. The third-order valence-corrected chi connectivity index (χ3v) is 4.01. The number of para-hydroxylation sites is 1. The molecule has 0 atom stereocenters. The standard InChI is InChI=1S/C22H15F3N2O3/c1-2-3-9-19(28)30-18-13-15(10-11-16(18)22(23,24)25)21(29)27-17-8-4-6-14-7-5-12-26-20(14)17/h2-13H,1H2,(H,27,29)/b9-3+. The predicted octanol–water partition coefficient (Wildman–Crippen LogP) is 5.15. The Morgan fingerprint density at radius 2 is 1.87 bits per heavy atom. The number of ether oxygens (including phenoxy) is 1. The second kappa shape index (κ2) is 8.60. The molecule has 0 spiro atoms. The van der Waals surface area contributed by atoms with Crippen molar-refractivity contribution in [2.24, 2.45) is 0 Å². The van der Waals surface area contributed by atoms with Crippen LogP contribution in [0.4, 0.5) is 18.9 Å². The molecule has 3 aromatic rings. The highest BCUT2D eigenvalue weighted by Gasteiger charge is 2.35. The minimum atomic E-state index is -4.77. The molecule has 8 heteroatoms. The topological polar surface area (TPSA) is 68.3 Å². The van der Waals surface area contributed by atoms with Crippen LogP contribution in [-0.2, 0) is 11.0 Å². The molecule has 0 aliphatic rings. The zero-order valence-corrected chi connectivity index (χ0v) is 15.4. The zero-order valence-electron chi connectivity index (χ0n) is 15.4. The summed E-state index contributed by atoms with van der Waals surface area (Å²) in [5.74, 6) is -2.48. The lowest BCUT2D eigenvalue weighted by atomic mass is 10.1. The molecule has 0 aliphatic heterocycles. The lowest BCUT2D eigenvalue weighted by Gasteiger charge is -2.14. The van der Waals surface area contributed by atoms with Gasteiger partial charge in [0.15, 0.2) is 0 Å². The number of hydrogen-bond acceptors (Lipinski definition) is 4. The molecule has 3 rings (SSSR count). The molecular weight excluding hydrogens is 397 g/mol. The van der Waals surface area contributed by atoms with Crippen molar-refractivity contribution in [2.45, 2.75) is 6.18 Å². The van der Waals surface area contributed by atoms with E-state index in [-0.39, 0.29) is 5.56 Å². The van der Waals surface area contributed by atoms with Crippen LogP contribution in [0.25, 0.3) is 10.9 Å². The number of benzene rings is 2. The number of halogens is 3. The number of carbonyl (C=O) groups is 2. The third kappa shape index (κ3) is 4.72. The molecule has 1 amide bonds. The molecule has 5 nitrogen and oxygen atoms in total. The minimum Gasteiger partial charge on any atom is -0.423 e. The Balaban J connectivity index is 1.94. The van der Waals surface area contributed by atoms with Crippen LogP contribution in [0.15, 0.2) is 79.5 Å². The number of nitrogens with one attached hydrogen (secondary N) is 1. The molecule has 1 heterocycles. The van der Waals surface area contributed by atoms with Crippen LogP contribution in [0.3, 0.4) is 0 Å². The largest absolute Gasteiger partial charge is 0.423 e. The Hall–Kier alpha value is -3.94. The van der Waals surface area contributed by atoms with E-state index in [9.17, 15) is 22.8 Å². The predicted molar refractivity (Wildman–Crippen MR) is 106 cm³/mol. The van der Waals surface area contributed by atoms with E-state index >= 15 is 0 Å². The molecule has 1 aromatic heterocycles. The van der Waals surface area contributed by atoms with Gasteiger partial charge in [0, 0.05) is 23.2 Å². The fraction of sp³-hybridized carbons (Fsp3) is 0.0455. The van der Waals surface area contributed by atoms with Crippen molar-refractivity contribution in [3.8, 4) is 5.75 Å². The number of nitrogens with zero attached hydrogens (tertiary/aromatic N) is 1. The molecule has 0 fully saturated rings. The monoisotopic (exact) mass is 412 g/mol. The number of esters is 1. The first-order chi connectivity index (χ1) is 14.3. The molecule has 30 heavy (non-hydrogen) atoms. The van der Waals surface area contributed by atoms with Crippen molar-refractivity contribution in [3.05, 3.63) is 90.7 Å². The molecule has 0 bridgehead atoms. The van der Waals surface area contributed by atoms with E-state index < -0.39 is 29.4 Å². The van der Waals surface area contributed by atoms with Crippen molar-refractivity contribution in [3.63, 3.8) is 0 Å². The number of pyridine rings is 1. The van der Waals surface area contributed by atoms with Gasteiger partial charge < -0.3 is 10.1 Å². The third-order valence-electron chi connectivity index (χ3n) is 4.01. The highest BCUT2D eigenvalue weighted by Crippen LogP contribution is 2.37. The van der Waals surface area contributed by atoms with Crippen LogP contribution in [-0.4, -0.2) is 16.9 Å². The van der Waals surface area contributed by atoms with Gasteiger partial charge in [-0.3, -0.25) is 9.78 Å². The van der Waals surface area contributed by atoms with E-state index in [1.54, 1.807) is 24.4 Å². The number of anilines is 1. The first-order valence-electron chi connectivity index (χ1n) is 8.67. The Kier molecular flexibility index (Phi) is 5.96. The molecule has 2 aromatic carbocycles. The smallest absolute Gasteiger partial charge is 0.419 e. The van der Waals surface area contributed by atoms with Crippen LogP contribution in [0.5, 0.6) is 5.75 Å². The normalized spacial score (nSPS) is 11.4. The molecule has 0 unspecified atom stereocenters. The maximum atomic E-state index is 13.3. The van der Waals surface area contributed by atoms with Gasteiger partial charge in [0.25, 0.3) is 5.91 Å². The van der Waals surface area contributed by atoms with Gasteiger partial charge in [-0.2, -0.15) is 13.2 Å². The summed E-state index contributed by atoms with van der Waals surface area (Å²) in [7, 11) is 0. The Labute approximate surface area is 169 Å². The van der Waals surface area contributed by atoms with Gasteiger partial charge in [-0.1, -0.05) is 36.9 Å². The van der Waals surface area contributed by atoms with Crippen LogP contribution >= 0.6 is 0 Å². The second-order valence-corrected chi connectivity index (χ2v) is 6.06. The summed E-state index contributed by atoms with van der Waals surface area (Å²) in [5, 5.41) is 3.41. The minimum absolute atomic E-state index is 0.119. The zero-order chi connectivity index (χ0) is 21.7. The van der Waals surface area contributed by atoms with E-state index in [0.717, 1.165) is 23.6 Å². The van der Waals surface area contributed by atoms with Gasteiger partial charge in [0.1, 0.15) is 5.75 Å². The Bertz CT molecular complexity index is 1150. The van der Waals surface area contributed by atoms with Gasteiger partial charge in [-0.05, 0) is 30.3 Å². The summed E-state index contributed by atoms with van der Waals surface area (Å²) < 4.78 is 44.6. The average Bonchev–Trinajstić information content (AvgIpc) is 2.71. The van der Waals surface area contributed by atoms with E-state index in [2.05, 4.69) is 16.9 Å². The summed E-state index contributed by atoms with van der Waals surface area (Å²) in [4.78, 5) is 28.6. The maximum absolute atomic E-state index is 13.3. The Morgan fingerprint density at radius 1 is 1.10 bits per heavy atom. The SMILES string of the molecule is C=C/C=C/C(=O)Oc1cc(C(=O)Nc2cccc3cccnc23)ccc1C(F)(F)F. The second-order valence-electron chi connectivity index (χ2n) is 6.06. The van der Waals surface area contributed by atoms with Crippen molar-refractivity contribution in [1.29, 1.82) is 0 Å². The van der Waals surface area contributed by atoms with Crippen molar-refractivity contribution in [1.82, 2.24) is 4.98 Å². The average molecular weight is 412 g/mol. The van der Waals surface area contributed by atoms with Gasteiger partial charge in [0.05, 0.1) is 16.8 Å². The number of aromatic nitrogens is 1. The quantitative estimate of drug-likeness (QED) is 0.272. The lowest BCUT2D eigenvalue weighted by molar-refractivity contribution is -0.140. The summed E-state index contributed by atoms with van der Waals surface area (Å²) in [5.41, 5.74) is -0.371. The van der Waals surface area contributed by atoms with E-state index in [4.69, 9.17) is 4.74 Å². The fourth-order valence-corrected chi connectivity index (χ4v) is 2.67. The fourth-order valence-electron chi connectivity index (χ4n) is 2.67. The number of rotatable bonds is 5. The highest BCUT2D eigenvalue weighted by atomic mass is 19.4. The number of hydrogen-bond donors (Lipinski definition) is 1. The number of alkyl halides is 3. The lowest BCUT2D eigenvalue weighted by Crippen LogP contribution is -2.16. The number of carbonyl (C=O) groups excluding carboxylic acids is 2. The summed E-state index contributed by atoms with van der Waals surface area (Å²) in [6.45, 7) is 3.36. The van der Waals surface area contributed by atoms with Crippen LogP contribution < -0.4 is 10.1 Å². The van der Waals surface area contributed by atoms with Crippen molar-refractivity contribution in [2.75, 3.05) is 5.32 Å². The van der Waals surface area contributed by atoms with Gasteiger partial charge in [-0.25, -0.2) is 4.79 Å². The van der Waals surface area contributed by atoms with Crippen molar-refractivity contribution >= 4 is 28.5 Å². The molecule has 0 radical (unpaired) electrons. The van der Waals surface area contributed by atoms with E-state index in [1.165, 1.54) is 12.2 Å². The van der Waals surface area contributed by atoms with Crippen LogP contribution in [0.1, 0.15) is 15.9 Å². The Morgan fingerprint density at radius 3 is 2.60 bits per heavy atom. The van der Waals surface area contributed by atoms with E-state index in [0.29, 0.717) is 17.3 Å². The maximum Gasteiger partial charge on any atom is 0.419 e. The highest BCUT2D eigenvalue weighted by molar-refractivity contribution is 6.08. The summed E-state index contributed by atoms with van der Waals surface area (Å²) in [6, 6.07) is 11.3. The summed E-state index contributed by atoms with van der Waals surface area (Å²) in [6.07, 6.45) is 0.201. The molecular formula is C22H15F3N2O3. The van der Waals surface area contributed by atoms with Gasteiger partial charge in [-0.15, -0.1) is 0 Å². The molecule has 0 saturated carbocycles. The molecule has 1 N–H and O–H groups in total. The van der Waals surface area contributed by atoms with Crippen LogP contribution in [0, 0.1) is 0 Å². The van der Waals surface area contributed by atoms with Gasteiger partial charge in [0.2, 0.25) is 0 Å². The van der Waals surface area contributed by atoms with E-state index in [1.807, 2.05) is 12.1 Å². The molecule has 0 aliphatic carbocycles. The van der Waals surface area contributed by atoms with Crippen LogP contribution in [0.2, 0.25) is 0 Å². The number of fused-ring (bicyclic) bond motifs is 1. The van der Waals surface area contributed by atoms with Gasteiger partial charge >= 0.3 is 12.1 Å². The van der Waals surface area contributed by atoms with Crippen molar-refractivity contribution < 1.29 is 27.5 Å². The number of allylic oxidation sites excluding steroid dienone is 2. The number of amides is 1.